The second-order valence-electron chi connectivity index (χ2n) is 4.13. The molecule has 0 aliphatic carbocycles. The molecule has 0 saturated heterocycles. The van der Waals surface area contributed by atoms with Crippen LogP contribution in [0.2, 0.25) is 0 Å². The second-order valence-corrected chi connectivity index (χ2v) is 4.13. The van der Waals surface area contributed by atoms with Gasteiger partial charge in [-0.25, -0.2) is 0 Å². The molecular weight excluding hydrogens is 285 g/mol. The van der Waals surface area contributed by atoms with Crippen molar-refractivity contribution in [1.82, 2.24) is 10.6 Å². The highest BCUT2D eigenvalue weighted by molar-refractivity contribution is 5.94. The fourth-order valence-electron chi connectivity index (χ4n) is 1.48. The van der Waals surface area contributed by atoms with Gasteiger partial charge in [0, 0.05) is 12.6 Å². The quantitative estimate of drug-likeness (QED) is 0.817. The number of amides is 2. The Balaban J connectivity index is 2.60. The molecular formula is C14H15F3N2O2. The molecule has 0 atom stereocenters. The zero-order chi connectivity index (χ0) is 15.9. The number of nitrogens with one attached hydrogen (secondary N) is 2. The van der Waals surface area contributed by atoms with Crippen molar-refractivity contribution >= 4 is 17.9 Å². The molecule has 2 N–H and O–H groups in total. The molecule has 0 unspecified atom stereocenters. The van der Waals surface area contributed by atoms with Gasteiger partial charge in [-0.05, 0) is 30.7 Å². The molecule has 1 aromatic carbocycles. The lowest BCUT2D eigenvalue weighted by molar-refractivity contribution is -0.137. The van der Waals surface area contributed by atoms with E-state index in [2.05, 4.69) is 10.6 Å². The van der Waals surface area contributed by atoms with E-state index in [0.717, 1.165) is 18.2 Å². The van der Waals surface area contributed by atoms with Crippen LogP contribution in [0.3, 0.4) is 0 Å². The van der Waals surface area contributed by atoms with Crippen molar-refractivity contribution < 1.29 is 22.8 Å². The lowest BCUT2D eigenvalue weighted by atomic mass is 10.1. The third-order valence-electron chi connectivity index (χ3n) is 2.44. The van der Waals surface area contributed by atoms with Gasteiger partial charge in [0.15, 0.2) is 0 Å². The SMILES string of the molecule is CCNC(=O)CNC(=O)/C=C/c1cccc(C(F)(F)F)c1. The summed E-state index contributed by atoms with van der Waals surface area (Å²) in [4.78, 5) is 22.5. The Kier molecular flexibility index (Phi) is 5.95. The maximum Gasteiger partial charge on any atom is 0.416 e. The van der Waals surface area contributed by atoms with Crippen LogP contribution in [0.1, 0.15) is 18.1 Å². The molecule has 0 aliphatic heterocycles. The number of carbonyl (C=O) groups is 2. The molecule has 114 valence electrons. The predicted octanol–water partition coefficient (Wildman–Crippen LogP) is 1.97. The zero-order valence-corrected chi connectivity index (χ0v) is 11.3. The highest BCUT2D eigenvalue weighted by Crippen LogP contribution is 2.29. The van der Waals surface area contributed by atoms with Gasteiger partial charge in [0.25, 0.3) is 0 Å². The predicted molar refractivity (Wildman–Crippen MR) is 72.2 cm³/mol. The van der Waals surface area contributed by atoms with Crippen molar-refractivity contribution in [3.05, 3.63) is 41.5 Å². The molecule has 1 aromatic rings. The average molecular weight is 300 g/mol. The minimum absolute atomic E-state index is 0.181. The Morgan fingerprint density at radius 3 is 2.57 bits per heavy atom. The lowest BCUT2D eigenvalue weighted by Gasteiger charge is -2.06. The third kappa shape index (κ3) is 6.11. The molecule has 0 fully saturated rings. The first kappa shape index (κ1) is 16.7. The van der Waals surface area contributed by atoms with Gasteiger partial charge in [-0.3, -0.25) is 9.59 Å². The van der Waals surface area contributed by atoms with Crippen LogP contribution < -0.4 is 10.6 Å². The molecule has 0 bridgehead atoms. The number of hydrogen-bond donors (Lipinski definition) is 2. The van der Waals surface area contributed by atoms with E-state index in [1.165, 1.54) is 18.2 Å². The summed E-state index contributed by atoms with van der Waals surface area (Å²) in [5.41, 5.74) is -0.537. The lowest BCUT2D eigenvalue weighted by Crippen LogP contribution is -2.35. The Labute approximate surface area is 120 Å². The smallest absolute Gasteiger partial charge is 0.355 e. The summed E-state index contributed by atoms with van der Waals surface area (Å²) in [5.74, 6) is -0.892. The summed E-state index contributed by atoms with van der Waals surface area (Å²) in [6.45, 7) is 2.02. The third-order valence-corrected chi connectivity index (χ3v) is 2.44. The number of halogens is 3. The van der Waals surface area contributed by atoms with Crippen molar-refractivity contribution in [3.8, 4) is 0 Å². The highest BCUT2D eigenvalue weighted by Gasteiger charge is 2.30. The van der Waals surface area contributed by atoms with E-state index >= 15 is 0 Å². The van der Waals surface area contributed by atoms with Crippen molar-refractivity contribution in [2.75, 3.05) is 13.1 Å². The molecule has 0 spiro atoms. The van der Waals surface area contributed by atoms with E-state index in [1.807, 2.05) is 0 Å². The molecule has 0 saturated carbocycles. The van der Waals surface area contributed by atoms with Crippen LogP contribution in [-0.4, -0.2) is 24.9 Å². The second kappa shape index (κ2) is 7.47. The maximum absolute atomic E-state index is 12.5. The average Bonchev–Trinajstić information content (AvgIpc) is 2.42. The highest BCUT2D eigenvalue weighted by atomic mass is 19.4. The minimum atomic E-state index is -4.43. The molecule has 21 heavy (non-hydrogen) atoms. The van der Waals surface area contributed by atoms with Gasteiger partial charge >= 0.3 is 6.18 Å². The van der Waals surface area contributed by atoms with Gasteiger partial charge in [-0.2, -0.15) is 13.2 Å². The normalized spacial score (nSPS) is 11.4. The van der Waals surface area contributed by atoms with Gasteiger partial charge < -0.3 is 10.6 Å². The van der Waals surface area contributed by atoms with E-state index < -0.39 is 17.6 Å². The van der Waals surface area contributed by atoms with Crippen LogP contribution in [0.4, 0.5) is 13.2 Å². The standard InChI is InChI=1S/C14H15F3N2O2/c1-2-18-13(21)9-19-12(20)7-6-10-4-3-5-11(8-10)14(15,16)17/h3-8H,2,9H2,1H3,(H,18,21)(H,19,20)/b7-6+. The van der Waals surface area contributed by atoms with E-state index in [1.54, 1.807) is 6.92 Å². The number of carbonyl (C=O) groups excluding carboxylic acids is 2. The first-order valence-electron chi connectivity index (χ1n) is 6.23. The van der Waals surface area contributed by atoms with E-state index in [-0.39, 0.29) is 18.0 Å². The molecule has 7 heteroatoms. The van der Waals surface area contributed by atoms with Crippen LogP contribution in [0.15, 0.2) is 30.3 Å². The van der Waals surface area contributed by atoms with Crippen LogP contribution in [0.5, 0.6) is 0 Å². The monoisotopic (exact) mass is 300 g/mol. The summed E-state index contributed by atoms with van der Waals surface area (Å²) < 4.78 is 37.5. The summed E-state index contributed by atoms with van der Waals surface area (Å²) >= 11 is 0. The van der Waals surface area contributed by atoms with Crippen LogP contribution in [0.25, 0.3) is 6.08 Å². The van der Waals surface area contributed by atoms with Gasteiger partial charge in [-0.1, -0.05) is 12.1 Å². The molecule has 0 radical (unpaired) electrons. The molecule has 0 aliphatic rings. The minimum Gasteiger partial charge on any atom is -0.355 e. The van der Waals surface area contributed by atoms with Crippen LogP contribution in [0, 0.1) is 0 Å². The van der Waals surface area contributed by atoms with Crippen molar-refractivity contribution in [3.63, 3.8) is 0 Å². The number of hydrogen-bond acceptors (Lipinski definition) is 2. The topological polar surface area (TPSA) is 58.2 Å². The van der Waals surface area contributed by atoms with Crippen molar-refractivity contribution in [2.45, 2.75) is 13.1 Å². The van der Waals surface area contributed by atoms with E-state index in [4.69, 9.17) is 0 Å². The van der Waals surface area contributed by atoms with E-state index in [9.17, 15) is 22.8 Å². The van der Waals surface area contributed by atoms with Gasteiger partial charge in [0.1, 0.15) is 0 Å². The number of alkyl halides is 3. The summed E-state index contributed by atoms with van der Waals surface area (Å²) in [6, 6.07) is 4.60. The fraction of sp³-hybridized carbons (Fsp3) is 0.286. The molecule has 2 amide bonds. The zero-order valence-electron chi connectivity index (χ0n) is 11.3. The largest absolute Gasteiger partial charge is 0.416 e. The molecule has 4 nitrogen and oxygen atoms in total. The van der Waals surface area contributed by atoms with Crippen molar-refractivity contribution in [1.29, 1.82) is 0 Å². The number of benzene rings is 1. The fourth-order valence-corrected chi connectivity index (χ4v) is 1.48. The van der Waals surface area contributed by atoms with Crippen molar-refractivity contribution in [2.24, 2.45) is 0 Å². The number of likely N-dealkylation sites (N-methyl/N-ethyl adjacent to an activating group) is 1. The Bertz CT molecular complexity index is 539. The Hall–Kier alpha value is -2.31. The van der Waals surface area contributed by atoms with Gasteiger partial charge in [0.2, 0.25) is 11.8 Å². The summed E-state index contributed by atoms with van der Waals surface area (Å²) in [6.07, 6.45) is -2.10. The number of rotatable bonds is 5. The Morgan fingerprint density at radius 2 is 1.95 bits per heavy atom. The van der Waals surface area contributed by atoms with E-state index in [0.29, 0.717) is 6.54 Å². The summed E-state index contributed by atoms with van der Waals surface area (Å²) in [7, 11) is 0. The summed E-state index contributed by atoms with van der Waals surface area (Å²) in [5, 5.41) is 4.82. The first-order chi connectivity index (χ1) is 9.82. The van der Waals surface area contributed by atoms with Crippen LogP contribution >= 0.6 is 0 Å². The van der Waals surface area contributed by atoms with Gasteiger partial charge in [-0.15, -0.1) is 0 Å². The first-order valence-corrected chi connectivity index (χ1v) is 6.23. The Morgan fingerprint density at radius 1 is 1.24 bits per heavy atom. The maximum atomic E-state index is 12.5. The molecule has 0 aromatic heterocycles. The molecule has 1 rings (SSSR count). The van der Waals surface area contributed by atoms with Gasteiger partial charge in [0.05, 0.1) is 12.1 Å². The van der Waals surface area contributed by atoms with Crippen LogP contribution in [-0.2, 0) is 15.8 Å². The molecule has 0 heterocycles.